The van der Waals surface area contributed by atoms with Crippen molar-refractivity contribution in [2.45, 2.75) is 18.9 Å². The first-order chi connectivity index (χ1) is 6.11. The van der Waals surface area contributed by atoms with E-state index in [-0.39, 0.29) is 18.5 Å². The summed E-state index contributed by atoms with van der Waals surface area (Å²) in [6.45, 7) is 0.873. The zero-order valence-electron chi connectivity index (χ0n) is 7.75. The third-order valence-electron chi connectivity index (χ3n) is 2.26. The lowest BCUT2D eigenvalue weighted by Crippen LogP contribution is -2.44. The van der Waals surface area contributed by atoms with Gasteiger partial charge in [-0.3, -0.25) is 14.5 Å². The molecule has 0 spiro atoms. The monoisotopic (exact) mass is 185 g/mol. The highest BCUT2D eigenvalue weighted by molar-refractivity contribution is 5.86. The van der Waals surface area contributed by atoms with Crippen LogP contribution in [0.4, 0.5) is 0 Å². The Bertz CT molecular complexity index is 217. The molecule has 0 saturated carbocycles. The van der Waals surface area contributed by atoms with Crippen LogP contribution in [0.3, 0.4) is 0 Å². The van der Waals surface area contributed by atoms with Crippen LogP contribution in [0.1, 0.15) is 12.8 Å². The highest BCUT2D eigenvalue weighted by atomic mass is 16.2. The molecule has 74 valence electrons. The van der Waals surface area contributed by atoms with Crippen molar-refractivity contribution in [1.29, 1.82) is 0 Å². The topological polar surface area (TPSA) is 75.4 Å². The minimum atomic E-state index is -0.506. The van der Waals surface area contributed by atoms with Crippen molar-refractivity contribution in [3.63, 3.8) is 0 Å². The molecule has 5 heteroatoms. The molecule has 5 nitrogen and oxygen atoms in total. The third-order valence-corrected chi connectivity index (χ3v) is 2.26. The second-order valence-corrected chi connectivity index (χ2v) is 3.32. The second-order valence-electron chi connectivity index (χ2n) is 3.32. The van der Waals surface area contributed by atoms with Gasteiger partial charge in [-0.15, -0.1) is 0 Å². The lowest BCUT2D eigenvalue weighted by atomic mass is 10.2. The van der Waals surface area contributed by atoms with Crippen molar-refractivity contribution in [3.8, 4) is 0 Å². The lowest BCUT2D eigenvalue weighted by molar-refractivity contribution is -0.127. The second kappa shape index (κ2) is 4.23. The molecule has 2 amide bonds. The van der Waals surface area contributed by atoms with E-state index in [9.17, 15) is 9.59 Å². The van der Waals surface area contributed by atoms with Gasteiger partial charge in [-0.25, -0.2) is 0 Å². The standard InChI is InChI=1S/C8H15N3O2/c1-11-4-2-3-6(11)8(13)10-5-7(9)12/h6H,2-5H2,1H3,(H2,9,12)(H,10,13)/t6-/m0/s1. The molecule has 0 aromatic rings. The minimum absolute atomic E-state index is 0.0663. The quantitative estimate of drug-likeness (QED) is 0.572. The molecule has 0 bridgehead atoms. The summed E-state index contributed by atoms with van der Waals surface area (Å²) < 4.78 is 0. The van der Waals surface area contributed by atoms with Crippen molar-refractivity contribution in [2.24, 2.45) is 5.73 Å². The first kappa shape index (κ1) is 9.98. The minimum Gasteiger partial charge on any atom is -0.368 e. The molecule has 1 aliphatic rings. The van der Waals surface area contributed by atoms with E-state index in [1.807, 2.05) is 11.9 Å². The molecule has 1 saturated heterocycles. The highest BCUT2D eigenvalue weighted by Crippen LogP contribution is 2.14. The molecule has 1 aliphatic heterocycles. The Morgan fingerprint density at radius 3 is 2.77 bits per heavy atom. The van der Waals surface area contributed by atoms with Gasteiger partial charge in [0, 0.05) is 0 Å². The number of hydrogen-bond donors (Lipinski definition) is 2. The molecule has 1 fully saturated rings. The van der Waals surface area contributed by atoms with E-state index >= 15 is 0 Å². The van der Waals surface area contributed by atoms with Gasteiger partial charge in [0.2, 0.25) is 11.8 Å². The number of rotatable bonds is 3. The first-order valence-corrected chi connectivity index (χ1v) is 4.37. The Morgan fingerprint density at radius 1 is 1.62 bits per heavy atom. The number of carbonyl (C=O) groups excluding carboxylic acids is 2. The molecule has 0 aromatic heterocycles. The van der Waals surface area contributed by atoms with E-state index in [4.69, 9.17) is 5.73 Å². The average Bonchev–Trinajstić information content (AvgIpc) is 2.47. The maximum absolute atomic E-state index is 11.4. The van der Waals surface area contributed by atoms with Gasteiger partial charge in [0.1, 0.15) is 0 Å². The molecule has 0 aromatic carbocycles. The van der Waals surface area contributed by atoms with Crippen molar-refractivity contribution in [1.82, 2.24) is 10.2 Å². The van der Waals surface area contributed by atoms with Crippen LogP contribution in [-0.4, -0.2) is 42.9 Å². The van der Waals surface area contributed by atoms with Crippen LogP contribution < -0.4 is 11.1 Å². The van der Waals surface area contributed by atoms with Crippen molar-refractivity contribution >= 4 is 11.8 Å². The molecule has 1 rings (SSSR count). The van der Waals surface area contributed by atoms with Gasteiger partial charge in [-0.2, -0.15) is 0 Å². The van der Waals surface area contributed by atoms with Crippen LogP contribution in [0.25, 0.3) is 0 Å². The predicted octanol–water partition coefficient (Wildman–Crippen LogP) is -1.32. The van der Waals surface area contributed by atoms with E-state index in [1.54, 1.807) is 0 Å². The molecule has 13 heavy (non-hydrogen) atoms. The lowest BCUT2D eigenvalue weighted by Gasteiger charge is -2.17. The van der Waals surface area contributed by atoms with E-state index < -0.39 is 5.91 Å². The maximum Gasteiger partial charge on any atom is 0.237 e. The number of nitrogens with zero attached hydrogens (tertiary/aromatic N) is 1. The predicted molar refractivity (Wildman–Crippen MR) is 47.9 cm³/mol. The van der Waals surface area contributed by atoms with Crippen LogP contribution in [0.15, 0.2) is 0 Å². The van der Waals surface area contributed by atoms with Crippen LogP contribution >= 0.6 is 0 Å². The average molecular weight is 185 g/mol. The third kappa shape index (κ3) is 2.69. The van der Waals surface area contributed by atoms with Gasteiger partial charge < -0.3 is 11.1 Å². The number of amides is 2. The molecule has 0 radical (unpaired) electrons. The molecule has 1 heterocycles. The van der Waals surface area contributed by atoms with E-state index in [0.29, 0.717) is 0 Å². The Balaban J connectivity index is 2.34. The van der Waals surface area contributed by atoms with Gasteiger partial charge in [-0.05, 0) is 26.4 Å². The Labute approximate surface area is 77.3 Å². The number of likely N-dealkylation sites (N-methyl/N-ethyl adjacent to an activating group) is 1. The fourth-order valence-electron chi connectivity index (χ4n) is 1.53. The molecule has 0 aliphatic carbocycles. The fraction of sp³-hybridized carbons (Fsp3) is 0.750. The summed E-state index contributed by atoms with van der Waals surface area (Å²) in [7, 11) is 1.90. The Morgan fingerprint density at radius 2 is 2.31 bits per heavy atom. The fourth-order valence-corrected chi connectivity index (χ4v) is 1.53. The summed E-state index contributed by atoms with van der Waals surface area (Å²) in [6.07, 6.45) is 1.90. The van der Waals surface area contributed by atoms with Crippen LogP contribution in [0.2, 0.25) is 0 Å². The largest absolute Gasteiger partial charge is 0.368 e. The Hall–Kier alpha value is -1.10. The van der Waals surface area contributed by atoms with Crippen LogP contribution in [0.5, 0.6) is 0 Å². The number of nitrogens with one attached hydrogen (secondary N) is 1. The number of likely N-dealkylation sites (tertiary alicyclic amines) is 1. The first-order valence-electron chi connectivity index (χ1n) is 4.37. The number of nitrogens with two attached hydrogens (primary N) is 1. The summed E-state index contributed by atoms with van der Waals surface area (Å²) in [5.74, 6) is -0.604. The summed E-state index contributed by atoms with van der Waals surface area (Å²) >= 11 is 0. The van der Waals surface area contributed by atoms with E-state index in [2.05, 4.69) is 5.32 Å². The normalized spacial score (nSPS) is 23.0. The molecular formula is C8H15N3O2. The Kier molecular flexibility index (Phi) is 3.25. The molecular weight excluding hydrogens is 170 g/mol. The number of hydrogen-bond acceptors (Lipinski definition) is 3. The van der Waals surface area contributed by atoms with Crippen molar-refractivity contribution in [2.75, 3.05) is 20.1 Å². The van der Waals surface area contributed by atoms with Crippen molar-refractivity contribution in [3.05, 3.63) is 0 Å². The van der Waals surface area contributed by atoms with Crippen molar-refractivity contribution < 1.29 is 9.59 Å². The van der Waals surface area contributed by atoms with E-state index in [1.165, 1.54) is 0 Å². The highest BCUT2D eigenvalue weighted by Gasteiger charge is 2.27. The SMILES string of the molecule is CN1CCC[C@H]1C(=O)NCC(N)=O. The van der Waals surface area contributed by atoms with Gasteiger partial charge in [0.05, 0.1) is 12.6 Å². The van der Waals surface area contributed by atoms with Gasteiger partial charge >= 0.3 is 0 Å². The zero-order valence-corrected chi connectivity index (χ0v) is 7.75. The molecule has 1 atom stereocenters. The smallest absolute Gasteiger partial charge is 0.237 e. The zero-order chi connectivity index (χ0) is 9.84. The number of carbonyl (C=O) groups is 2. The van der Waals surface area contributed by atoms with Gasteiger partial charge in [0.25, 0.3) is 0 Å². The summed E-state index contributed by atoms with van der Waals surface area (Å²) in [5.41, 5.74) is 4.91. The maximum atomic E-state index is 11.4. The summed E-state index contributed by atoms with van der Waals surface area (Å²) in [4.78, 5) is 23.8. The summed E-state index contributed by atoms with van der Waals surface area (Å²) in [5, 5.41) is 2.50. The summed E-state index contributed by atoms with van der Waals surface area (Å²) in [6, 6.07) is -0.0839. The number of primary amides is 1. The van der Waals surface area contributed by atoms with E-state index in [0.717, 1.165) is 19.4 Å². The van der Waals surface area contributed by atoms with Gasteiger partial charge in [-0.1, -0.05) is 0 Å². The van der Waals surface area contributed by atoms with Gasteiger partial charge in [0.15, 0.2) is 0 Å². The van der Waals surface area contributed by atoms with Crippen LogP contribution in [0, 0.1) is 0 Å². The molecule has 0 unspecified atom stereocenters. The molecule has 3 N–H and O–H groups in total. The van der Waals surface area contributed by atoms with Crippen LogP contribution in [-0.2, 0) is 9.59 Å².